The number of aryl methyl sites for hydroxylation is 1. The first-order chi connectivity index (χ1) is 13.9. The largest absolute Gasteiger partial charge is 0.303 e. The minimum Gasteiger partial charge on any atom is -0.303 e. The molecule has 0 spiro atoms. The molecular weight excluding hydrogens is 393 g/mol. The first kappa shape index (κ1) is 20.9. The van der Waals surface area contributed by atoms with Crippen LogP contribution in [0.15, 0.2) is 59.5 Å². The fourth-order valence-electron chi connectivity index (χ4n) is 3.06. The van der Waals surface area contributed by atoms with E-state index in [9.17, 15) is 17.6 Å². The number of carbonyl (C=O) groups is 1. The molecule has 0 aliphatic heterocycles. The molecule has 0 aliphatic rings. The predicted octanol–water partition coefficient (Wildman–Crippen LogP) is 3.63. The topological polar surface area (TPSA) is 95.1 Å². The van der Waals surface area contributed by atoms with Gasteiger partial charge in [-0.3, -0.25) is 0 Å². The van der Waals surface area contributed by atoms with E-state index in [2.05, 4.69) is 5.10 Å². The lowest BCUT2D eigenvalue weighted by Gasteiger charge is -2.08. The number of hydrogen-bond acceptors (Lipinski definition) is 4. The Morgan fingerprint density at radius 1 is 1.00 bits per heavy atom. The summed E-state index contributed by atoms with van der Waals surface area (Å²) in [5.74, 6) is -0.326. The summed E-state index contributed by atoms with van der Waals surface area (Å²) in [6.07, 6.45) is 4.91. The average Bonchev–Trinajstić information content (AvgIpc) is 3.12. The van der Waals surface area contributed by atoms with Gasteiger partial charge in [-0.25, -0.2) is 22.6 Å². The smallest absolute Gasteiger partial charge is 0.238 e. The maximum atomic E-state index is 13.3. The number of primary sulfonamides is 1. The van der Waals surface area contributed by atoms with Crippen molar-refractivity contribution in [3.05, 3.63) is 66.1 Å². The fraction of sp³-hybridized carbons (Fsp3) is 0.238. The molecule has 3 rings (SSSR count). The zero-order chi connectivity index (χ0) is 20.9. The van der Waals surface area contributed by atoms with Gasteiger partial charge in [-0.1, -0.05) is 6.42 Å². The van der Waals surface area contributed by atoms with Crippen LogP contribution >= 0.6 is 0 Å². The normalized spacial score (nSPS) is 11.5. The molecule has 3 aromatic rings. The van der Waals surface area contributed by atoms with E-state index in [1.54, 1.807) is 28.9 Å². The van der Waals surface area contributed by atoms with Gasteiger partial charge in [0.1, 0.15) is 12.1 Å². The molecule has 2 N–H and O–H groups in total. The molecule has 0 aliphatic carbocycles. The van der Waals surface area contributed by atoms with Crippen molar-refractivity contribution < 1.29 is 17.6 Å². The maximum Gasteiger partial charge on any atom is 0.238 e. The molecule has 0 saturated heterocycles. The van der Waals surface area contributed by atoms with Crippen LogP contribution in [0.3, 0.4) is 0 Å². The van der Waals surface area contributed by atoms with Gasteiger partial charge >= 0.3 is 0 Å². The number of halogens is 1. The number of nitrogens with zero attached hydrogens (tertiary/aromatic N) is 2. The molecule has 0 bridgehead atoms. The predicted molar refractivity (Wildman–Crippen MR) is 109 cm³/mol. The summed E-state index contributed by atoms with van der Waals surface area (Å²) < 4.78 is 38.0. The van der Waals surface area contributed by atoms with Crippen LogP contribution in [0.5, 0.6) is 0 Å². The Labute approximate surface area is 169 Å². The molecule has 0 amide bonds. The Balaban J connectivity index is 1.93. The molecule has 8 heteroatoms. The van der Waals surface area contributed by atoms with Crippen LogP contribution in [0.2, 0.25) is 0 Å². The van der Waals surface area contributed by atoms with Gasteiger partial charge in [0.05, 0.1) is 22.0 Å². The Morgan fingerprint density at radius 3 is 2.31 bits per heavy atom. The van der Waals surface area contributed by atoms with Crippen molar-refractivity contribution in [1.29, 1.82) is 0 Å². The first-order valence-corrected chi connectivity index (χ1v) is 10.8. The van der Waals surface area contributed by atoms with Crippen molar-refractivity contribution in [2.75, 3.05) is 0 Å². The minimum absolute atomic E-state index is 0.0205. The molecule has 1 heterocycles. The summed E-state index contributed by atoms with van der Waals surface area (Å²) in [6.45, 7) is 0. The SMILES string of the molecule is NS(=O)(=O)c1ccc(-n2nc(CCCCCC=O)cc2-c2ccc(F)cc2)cc1. The molecule has 0 atom stereocenters. The number of nitrogens with two attached hydrogens (primary N) is 1. The summed E-state index contributed by atoms with van der Waals surface area (Å²) in [4.78, 5) is 10.4. The van der Waals surface area contributed by atoms with E-state index in [4.69, 9.17) is 5.14 Å². The molecule has 0 saturated carbocycles. The summed E-state index contributed by atoms with van der Waals surface area (Å²) >= 11 is 0. The molecule has 0 unspecified atom stereocenters. The Hall–Kier alpha value is -2.84. The number of sulfonamides is 1. The van der Waals surface area contributed by atoms with Crippen molar-refractivity contribution >= 4 is 16.3 Å². The number of unbranched alkanes of at least 4 members (excludes halogenated alkanes) is 3. The van der Waals surface area contributed by atoms with Gasteiger partial charge in [0, 0.05) is 12.0 Å². The van der Waals surface area contributed by atoms with E-state index in [-0.39, 0.29) is 10.7 Å². The summed E-state index contributed by atoms with van der Waals surface area (Å²) in [5, 5.41) is 9.83. The van der Waals surface area contributed by atoms with Crippen LogP contribution in [0.25, 0.3) is 16.9 Å². The zero-order valence-electron chi connectivity index (χ0n) is 15.8. The number of aromatic nitrogens is 2. The van der Waals surface area contributed by atoms with Crippen LogP contribution in [-0.4, -0.2) is 24.5 Å². The van der Waals surface area contributed by atoms with Crippen LogP contribution in [0.4, 0.5) is 4.39 Å². The Morgan fingerprint density at radius 2 is 1.69 bits per heavy atom. The Kier molecular flexibility index (Phi) is 6.56. The van der Waals surface area contributed by atoms with E-state index in [1.807, 2.05) is 6.07 Å². The molecule has 0 radical (unpaired) electrons. The van der Waals surface area contributed by atoms with Crippen LogP contribution < -0.4 is 5.14 Å². The van der Waals surface area contributed by atoms with Gasteiger partial charge in [-0.2, -0.15) is 5.10 Å². The van der Waals surface area contributed by atoms with Gasteiger partial charge in [-0.05, 0) is 73.9 Å². The van der Waals surface area contributed by atoms with Crippen LogP contribution in [0, 0.1) is 5.82 Å². The standard InChI is InChI=1S/C21H22FN3O3S/c22-17-8-6-16(7-9-17)21-15-18(5-3-1-2-4-14-26)24-25(21)19-10-12-20(13-11-19)29(23,27)28/h6-15H,1-5H2,(H2,23,27,28). The third-order valence-corrected chi connectivity index (χ3v) is 5.49. The number of aldehydes is 1. The van der Waals surface area contributed by atoms with Gasteiger partial charge in [0.15, 0.2) is 0 Å². The minimum atomic E-state index is -3.78. The van der Waals surface area contributed by atoms with Crippen LogP contribution in [0.1, 0.15) is 31.4 Å². The van der Waals surface area contributed by atoms with Crippen molar-refractivity contribution in [2.24, 2.45) is 5.14 Å². The zero-order valence-corrected chi connectivity index (χ0v) is 16.6. The highest BCUT2D eigenvalue weighted by atomic mass is 32.2. The van der Waals surface area contributed by atoms with Crippen LogP contribution in [-0.2, 0) is 21.2 Å². The van der Waals surface area contributed by atoms with Gasteiger partial charge in [-0.15, -0.1) is 0 Å². The van der Waals surface area contributed by atoms with E-state index >= 15 is 0 Å². The summed E-state index contributed by atoms with van der Waals surface area (Å²) in [7, 11) is -3.78. The van der Waals surface area contributed by atoms with Gasteiger partial charge in [0.25, 0.3) is 0 Å². The molecule has 0 fully saturated rings. The molecule has 1 aromatic heterocycles. The van der Waals surface area contributed by atoms with E-state index in [0.29, 0.717) is 12.1 Å². The van der Waals surface area contributed by atoms with Crippen molar-refractivity contribution in [1.82, 2.24) is 9.78 Å². The van der Waals surface area contributed by atoms with E-state index in [0.717, 1.165) is 48.9 Å². The Bertz CT molecular complexity index is 1080. The first-order valence-electron chi connectivity index (χ1n) is 9.30. The number of hydrogen-bond donors (Lipinski definition) is 1. The lowest BCUT2D eigenvalue weighted by molar-refractivity contribution is -0.107. The third-order valence-electron chi connectivity index (χ3n) is 4.56. The van der Waals surface area contributed by atoms with Crippen molar-refractivity contribution in [3.63, 3.8) is 0 Å². The lowest BCUT2D eigenvalue weighted by Crippen LogP contribution is -2.12. The number of rotatable bonds is 9. The summed E-state index contributed by atoms with van der Waals surface area (Å²) in [5.41, 5.74) is 3.10. The van der Waals surface area contributed by atoms with Crippen molar-refractivity contribution in [2.45, 2.75) is 37.0 Å². The third kappa shape index (κ3) is 5.36. The summed E-state index contributed by atoms with van der Waals surface area (Å²) in [6, 6.07) is 14.2. The number of benzene rings is 2. The monoisotopic (exact) mass is 415 g/mol. The quantitative estimate of drug-likeness (QED) is 0.426. The van der Waals surface area contributed by atoms with Gasteiger partial charge in [0.2, 0.25) is 10.0 Å². The maximum absolute atomic E-state index is 13.3. The van der Waals surface area contributed by atoms with Gasteiger partial charge < -0.3 is 4.79 Å². The molecule has 29 heavy (non-hydrogen) atoms. The molecule has 2 aromatic carbocycles. The average molecular weight is 415 g/mol. The fourth-order valence-corrected chi connectivity index (χ4v) is 3.58. The highest BCUT2D eigenvalue weighted by molar-refractivity contribution is 7.89. The van der Waals surface area contributed by atoms with E-state index < -0.39 is 10.0 Å². The second-order valence-corrected chi connectivity index (χ2v) is 8.31. The highest BCUT2D eigenvalue weighted by Crippen LogP contribution is 2.26. The molecule has 6 nitrogen and oxygen atoms in total. The molecular formula is C21H22FN3O3S. The second-order valence-electron chi connectivity index (χ2n) is 6.74. The van der Waals surface area contributed by atoms with Crippen molar-refractivity contribution in [3.8, 4) is 16.9 Å². The lowest BCUT2D eigenvalue weighted by atomic mass is 10.1. The van der Waals surface area contributed by atoms with E-state index in [1.165, 1.54) is 24.3 Å². The highest BCUT2D eigenvalue weighted by Gasteiger charge is 2.14. The molecule has 152 valence electrons. The second kappa shape index (κ2) is 9.11. The number of carbonyl (C=O) groups excluding carboxylic acids is 1.